The molecule has 1 fully saturated rings. The van der Waals surface area contributed by atoms with Gasteiger partial charge in [0.2, 0.25) is 11.8 Å². The van der Waals surface area contributed by atoms with Gasteiger partial charge in [-0.05, 0) is 19.1 Å². The lowest BCUT2D eigenvalue weighted by Crippen LogP contribution is -2.47. The highest BCUT2D eigenvalue weighted by molar-refractivity contribution is 6.33. The summed E-state index contributed by atoms with van der Waals surface area (Å²) in [6.07, 6.45) is -0.282. The minimum absolute atomic E-state index is 0.282. The molecule has 1 aliphatic rings. The van der Waals surface area contributed by atoms with Crippen molar-refractivity contribution in [2.24, 2.45) is 0 Å². The maximum atomic E-state index is 9.44. The molecule has 1 saturated heterocycles. The van der Waals surface area contributed by atoms with E-state index in [0.717, 1.165) is 38.3 Å². The third kappa shape index (κ3) is 4.29. The Hall–Kier alpha value is -1.47. The minimum Gasteiger partial charge on any atom is -0.419 e. The average molecular weight is 337 g/mol. The van der Waals surface area contributed by atoms with Crippen molar-refractivity contribution < 1.29 is 9.52 Å². The zero-order chi connectivity index (χ0) is 16.2. The fraction of sp³-hybridized carbons (Fsp3) is 0.500. The van der Waals surface area contributed by atoms with E-state index in [1.54, 1.807) is 0 Å². The molecule has 1 atom stereocenters. The quantitative estimate of drug-likeness (QED) is 0.899. The molecular formula is C16H21ClN4O2. The summed E-state index contributed by atoms with van der Waals surface area (Å²) in [6.45, 7) is 6.92. The van der Waals surface area contributed by atoms with E-state index in [2.05, 4.69) is 20.0 Å². The molecule has 0 saturated carbocycles. The standard InChI is InChI=1S/C16H21ClN4O2/c1-12(22)10-20-6-8-21(9-7-20)11-15-18-19-16(23-15)13-4-2-3-5-14(13)17/h2-5,12,22H,6-11H2,1H3/t12-/m0/s1. The number of aliphatic hydroxyl groups is 1. The molecule has 0 aliphatic carbocycles. The van der Waals surface area contributed by atoms with Gasteiger partial charge >= 0.3 is 0 Å². The SMILES string of the molecule is C[C@H](O)CN1CCN(Cc2nnc(-c3ccccc3Cl)o2)CC1. The van der Waals surface area contributed by atoms with Crippen molar-refractivity contribution in [2.45, 2.75) is 19.6 Å². The van der Waals surface area contributed by atoms with Crippen molar-refractivity contribution in [3.05, 3.63) is 35.2 Å². The summed E-state index contributed by atoms with van der Waals surface area (Å²) in [5.41, 5.74) is 0.759. The van der Waals surface area contributed by atoms with E-state index >= 15 is 0 Å². The van der Waals surface area contributed by atoms with Crippen molar-refractivity contribution >= 4 is 11.6 Å². The van der Waals surface area contributed by atoms with E-state index in [4.69, 9.17) is 16.0 Å². The predicted octanol–water partition coefficient (Wildman–Crippen LogP) is 1.89. The summed E-state index contributed by atoms with van der Waals surface area (Å²) in [5, 5.41) is 18.3. The van der Waals surface area contributed by atoms with Gasteiger partial charge in [0.05, 0.1) is 23.2 Å². The van der Waals surface area contributed by atoms with Crippen LogP contribution in [-0.2, 0) is 6.54 Å². The van der Waals surface area contributed by atoms with Gasteiger partial charge in [-0.15, -0.1) is 10.2 Å². The van der Waals surface area contributed by atoms with Crippen LogP contribution in [0.15, 0.2) is 28.7 Å². The van der Waals surface area contributed by atoms with E-state index in [1.807, 2.05) is 31.2 Å². The molecule has 3 rings (SSSR count). The molecule has 23 heavy (non-hydrogen) atoms. The second-order valence-electron chi connectivity index (χ2n) is 5.91. The summed E-state index contributed by atoms with van der Waals surface area (Å²) in [7, 11) is 0. The van der Waals surface area contributed by atoms with Gasteiger partial charge in [-0.3, -0.25) is 9.80 Å². The fourth-order valence-electron chi connectivity index (χ4n) is 2.76. The van der Waals surface area contributed by atoms with Crippen LogP contribution in [0.3, 0.4) is 0 Å². The van der Waals surface area contributed by atoms with Crippen LogP contribution in [-0.4, -0.2) is 63.9 Å². The Labute approximate surface area is 140 Å². The van der Waals surface area contributed by atoms with Crippen molar-refractivity contribution in [2.75, 3.05) is 32.7 Å². The maximum Gasteiger partial charge on any atom is 0.249 e. The molecule has 0 bridgehead atoms. The third-order valence-electron chi connectivity index (χ3n) is 3.92. The number of β-amino-alcohol motifs (C(OH)–C–C–N with tert-alkyl or cyclic N) is 1. The number of aliphatic hydroxyl groups excluding tert-OH is 1. The van der Waals surface area contributed by atoms with Gasteiger partial charge in [-0.25, -0.2) is 0 Å². The van der Waals surface area contributed by atoms with Gasteiger partial charge in [0.25, 0.3) is 0 Å². The Morgan fingerprint density at radius 3 is 2.57 bits per heavy atom. The molecule has 1 aromatic carbocycles. The summed E-state index contributed by atoms with van der Waals surface area (Å²) in [6, 6.07) is 7.44. The zero-order valence-corrected chi connectivity index (χ0v) is 13.9. The molecule has 2 heterocycles. The highest BCUT2D eigenvalue weighted by Gasteiger charge is 2.20. The number of aromatic nitrogens is 2. The average Bonchev–Trinajstić information content (AvgIpc) is 2.97. The largest absolute Gasteiger partial charge is 0.419 e. The molecular weight excluding hydrogens is 316 g/mol. The second-order valence-corrected chi connectivity index (χ2v) is 6.31. The van der Waals surface area contributed by atoms with Gasteiger partial charge < -0.3 is 9.52 Å². The zero-order valence-electron chi connectivity index (χ0n) is 13.2. The number of rotatable bonds is 5. The molecule has 0 spiro atoms. The van der Waals surface area contributed by atoms with Crippen LogP contribution in [0.1, 0.15) is 12.8 Å². The third-order valence-corrected chi connectivity index (χ3v) is 4.25. The van der Waals surface area contributed by atoms with Crippen LogP contribution in [0.2, 0.25) is 5.02 Å². The van der Waals surface area contributed by atoms with Crippen LogP contribution in [0.5, 0.6) is 0 Å². The Morgan fingerprint density at radius 1 is 1.17 bits per heavy atom. The number of piperazine rings is 1. The Morgan fingerprint density at radius 2 is 1.87 bits per heavy atom. The van der Waals surface area contributed by atoms with Crippen LogP contribution in [0.25, 0.3) is 11.5 Å². The monoisotopic (exact) mass is 336 g/mol. The van der Waals surface area contributed by atoms with E-state index in [1.165, 1.54) is 0 Å². The topological polar surface area (TPSA) is 65.6 Å². The first-order valence-corrected chi connectivity index (χ1v) is 8.19. The molecule has 2 aromatic rings. The van der Waals surface area contributed by atoms with E-state index in [-0.39, 0.29) is 6.10 Å². The molecule has 7 heteroatoms. The Balaban J connectivity index is 1.57. The second kappa shape index (κ2) is 7.40. The molecule has 0 radical (unpaired) electrons. The first-order chi connectivity index (χ1) is 11.1. The molecule has 1 N–H and O–H groups in total. The summed E-state index contributed by atoms with van der Waals surface area (Å²) >= 11 is 6.15. The van der Waals surface area contributed by atoms with E-state index in [9.17, 15) is 5.11 Å². The minimum atomic E-state index is -0.282. The highest BCUT2D eigenvalue weighted by Crippen LogP contribution is 2.26. The van der Waals surface area contributed by atoms with Gasteiger partial charge in [-0.2, -0.15) is 0 Å². The van der Waals surface area contributed by atoms with Crippen molar-refractivity contribution in [1.82, 2.24) is 20.0 Å². The first kappa shape index (κ1) is 16.4. The Bertz CT molecular complexity index is 639. The predicted molar refractivity (Wildman–Crippen MR) is 88.1 cm³/mol. The van der Waals surface area contributed by atoms with Gasteiger partial charge in [0.15, 0.2) is 0 Å². The lowest BCUT2D eigenvalue weighted by molar-refractivity contribution is 0.0747. The smallest absolute Gasteiger partial charge is 0.249 e. The summed E-state index contributed by atoms with van der Waals surface area (Å²) < 4.78 is 5.74. The fourth-order valence-corrected chi connectivity index (χ4v) is 2.97. The van der Waals surface area contributed by atoms with E-state index in [0.29, 0.717) is 23.3 Å². The molecule has 0 amide bonds. The first-order valence-electron chi connectivity index (χ1n) is 7.82. The van der Waals surface area contributed by atoms with Crippen molar-refractivity contribution in [3.8, 4) is 11.5 Å². The summed E-state index contributed by atoms with van der Waals surface area (Å²) in [5.74, 6) is 1.06. The highest BCUT2D eigenvalue weighted by atomic mass is 35.5. The number of nitrogens with zero attached hydrogens (tertiary/aromatic N) is 4. The molecule has 0 unspecified atom stereocenters. The lowest BCUT2D eigenvalue weighted by atomic mass is 10.2. The number of benzene rings is 1. The molecule has 1 aromatic heterocycles. The summed E-state index contributed by atoms with van der Waals surface area (Å²) in [4.78, 5) is 4.55. The normalized spacial score (nSPS) is 18.2. The van der Waals surface area contributed by atoms with Gasteiger partial charge in [-0.1, -0.05) is 23.7 Å². The number of hydrogen-bond donors (Lipinski definition) is 1. The van der Waals surface area contributed by atoms with Crippen LogP contribution in [0, 0.1) is 0 Å². The van der Waals surface area contributed by atoms with E-state index < -0.39 is 0 Å². The van der Waals surface area contributed by atoms with Crippen molar-refractivity contribution in [1.29, 1.82) is 0 Å². The van der Waals surface area contributed by atoms with Crippen LogP contribution < -0.4 is 0 Å². The number of hydrogen-bond acceptors (Lipinski definition) is 6. The van der Waals surface area contributed by atoms with Crippen LogP contribution in [0.4, 0.5) is 0 Å². The van der Waals surface area contributed by atoms with Crippen molar-refractivity contribution in [3.63, 3.8) is 0 Å². The molecule has 1 aliphatic heterocycles. The molecule has 124 valence electrons. The van der Waals surface area contributed by atoms with Gasteiger partial charge in [0, 0.05) is 32.7 Å². The number of halogens is 1. The molecule has 6 nitrogen and oxygen atoms in total. The van der Waals surface area contributed by atoms with Gasteiger partial charge in [0.1, 0.15) is 0 Å². The maximum absolute atomic E-state index is 9.44. The van der Waals surface area contributed by atoms with Crippen LogP contribution >= 0.6 is 11.6 Å². The Kier molecular flexibility index (Phi) is 5.27. The lowest BCUT2D eigenvalue weighted by Gasteiger charge is -2.34.